The molecule has 0 radical (unpaired) electrons. The third kappa shape index (κ3) is 5.62. The Labute approximate surface area is 233 Å². The average Bonchev–Trinajstić information content (AvgIpc) is 3.31. The third-order valence-electron chi connectivity index (χ3n) is 6.74. The highest BCUT2D eigenvalue weighted by atomic mass is 19.4. The molecule has 2 atom stereocenters. The van der Waals surface area contributed by atoms with Crippen molar-refractivity contribution in [2.75, 3.05) is 20.8 Å². The molecule has 218 valence electrons. The standard InChI is InChI=1S/C28H29F4N5O4/c1-16(21-13-35-37(24(21)36-17(2)33)20-8-6-7-18(11-20)25(38)40-5)34-15-27(28(30,31)32)14-26(3,41-27)22-12-19(29)9-10-23(22)39-4/h6-13,34H,1,14-15H2,2-5H3,(H2,33,36). The number of hydrogen-bond acceptors (Lipinski definition) is 7. The molecule has 3 aromatic rings. The van der Waals surface area contributed by atoms with Crippen LogP contribution in [0.2, 0.25) is 0 Å². The quantitative estimate of drug-likeness (QED) is 0.160. The number of nitrogens with zero attached hydrogens (tertiary/aromatic N) is 3. The van der Waals surface area contributed by atoms with Crippen LogP contribution in [0.25, 0.3) is 11.4 Å². The minimum atomic E-state index is -4.77. The highest BCUT2D eigenvalue weighted by Gasteiger charge is 2.68. The van der Waals surface area contributed by atoms with Crippen molar-refractivity contribution in [3.05, 3.63) is 77.7 Å². The van der Waals surface area contributed by atoms with Gasteiger partial charge >= 0.3 is 12.1 Å². The Morgan fingerprint density at radius 1 is 1.27 bits per heavy atom. The van der Waals surface area contributed by atoms with E-state index in [1.54, 1.807) is 18.2 Å². The van der Waals surface area contributed by atoms with E-state index >= 15 is 0 Å². The molecule has 0 bridgehead atoms. The van der Waals surface area contributed by atoms with Crippen LogP contribution in [0.1, 0.15) is 41.8 Å². The molecule has 0 spiro atoms. The summed E-state index contributed by atoms with van der Waals surface area (Å²) in [6.45, 7) is 6.18. The molecule has 2 aromatic carbocycles. The van der Waals surface area contributed by atoms with Crippen molar-refractivity contribution in [3.63, 3.8) is 0 Å². The van der Waals surface area contributed by atoms with E-state index in [-0.39, 0.29) is 39.8 Å². The maximum absolute atomic E-state index is 14.3. The van der Waals surface area contributed by atoms with Crippen molar-refractivity contribution in [1.29, 1.82) is 0 Å². The number of benzene rings is 2. The summed E-state index contributed by atoms with van der Waals surface area (Å²) in [6.07, 6.45) is -3.91. The van der Waals surface area contributed by atoms with Gasteiger partial charge in [-0.25, -0.2) is 18.9 Å². The fraction of sp³-hybridized carbons (Fsp3) is 0.321. The molecule has 1 saturated heterocycles. The first kappa shape index (κ1) is 29.6. The van der Waals surface area contributed by atoms with Crippen LogP contribution in [0.15, 0.2) is 60.2 Å². The van der Waals surface area contributed by atoms with Crippen molar-refractivity contribution in [2.24, 2.45) is 10.7 Å². The normalized spacial score (nSPS) is 20.7. The molecule has 4 rings (SSSR count). The zero-order valence-electron chi connectivity index (χ0n) is 22.8. The molecular formula is C28H29F4N5O4. The minimum Gasteiger partial charge on any atom is -0.496 e. The summed E-state index contributed by atoms with van der Waals surface area (Å²) in [5.74, 6) is -0.649. The first-order chi connectivity index (χ1) is 19.2. The van der Waals surface area contributed by atoms with E-state index in [0.29, 0.717) is 5.69 Å². The van der Waals surface area contributed by atoms with Crippen molar-refractivity contribution in [2.45, 2.75) is 37.6 Å². The zero-order chi connectivity index (χ0) is 30.2. The molecule has 0 aliphatic carbocycles. The van der Waals surface area contributed by atoms with Gasteiger partial charge in [-0.05, 0) is 50.2 Å². The largest absolute Gasteiger partial charge is 0.496 e. The number of nitrogens with two attached hydrogens (primary N) is 1. The molecule has 13 heteroatoms. The topological polar surface area (TPSA) is 113 Å². The Kier molecular flexibility index (Phi) is 7.85. The number of rotatable bonds is 9. The Hall–Kier alpha value is -4.39. The van der Waals surface area contributed by atoms with Gasteiger partial charge in [0.15, 0.2) is 11.4 Å². The van der Waals surface area contributed by atoms with Crippen LogP contribution in [0.4, 0.5) is 23.4 Å². The van der Waals surface area contributed by atoms with Crippen molar-refractivity contribution in [3.8, 4) is 11.4 Å². The lowest BCUT2D eigenvalue weighted by Crippen LogP contribution is -2.68. The van der Waals surface area contributed by atoms with Crippen molar-refractivity contribution in [1.82, 2.24) is 15.1 Å². The van der Waals surface area contributed by atoms with Crippen LogP contribution in [0, 0.1) is 5.82 Å². The van der Waals surface area contributed by atoms with E-state index in [4.69, 9.17) is 19.9 Å². The number of ether oxygens (including phenoxy) is 3. The molecule has 1 aliphatic heterocycles. The Balaban J connectivity index is 1.61. The van der Waals surface area contributed by atoms with Gasteiger partial charge < -0.3 is 25.3 Å². The van der Waals surface area contributed by atoms with Crippen LogP contribution in [-0.4, -0.2) is 54.1 Å². The summed E-state index contributed by atoms with van der Waals surface area (Å²) >= 11 is 0. The van der Waals surface area contributed by atoms with Crippen molar-refractivity contribution < 1.29 is 36.6 Å². The third-order valence-corrected chi connectivity index (χ3v) is 6.74. The number of halogens is 4. The van der Waals surface area contributed by atoms with Crippen LogP contribution in [-0.2, 0) is 15.1 Å². The zero-order valence-corrected chi connectivity index (χ0v) is 22.8. The molecule has 0 saturated carbocycles. The number of aliphatic imine (C=N–C) groups is 1. The predicted octanol–water partition coefficient (Wildman–Crippen LogP) is 5.01. The highest BCUT2D eigenvalue weighted by Crippen LogP contribution is 2.57. The van der Waals surface area contributed by atoms with Crippen molar-refractivity contribution >= 4 is 23.3 Å². The number of amidine groups is 1. The second kappa shape index (κ2) is 10.9. The molecule has 1 aliphatic rings. The number of hydrogen-bond donors (Lipinski definition) is 2. The number of methoxy groups -OCH3 is 2. The van der Waals surface area contributed by atoms with Gasteiger partial charge in [0.05, 0.1) is 55.2 Å². The second-order valence-electron chi connectivity index (χ2n) is 9.77. The summed E-state index contributed by atoms with van der Waals surface area (Å²) in [5.41, 5.74) is 2.98. The maximum atomic E-state index is 14.3. The molecule has 1 aromatic heterocycles. The molecule has 41 heavy (non-hydrogen) atoms. The number of esters is 1. The highest BCUT2D eigenvalue weighted by molar-refractivity contribution is 5.90. The average molecular weight is 576 g/mol. The van der Waals surface area contributed by atoms with Gasteiger partial charge in [0.1, 0.15) is 11.6 Å². The van der Waals surface area contributed by atoms with Crippen LogP contribution in [0.3, 0.4) is 0 Å². The van der Waals surface area contributed by atoms with E-state index in [0.717, 1.165) is 12.1 Å². The lowest BCUT2D eigenvalue weighted by atomic mass is 9.75. The Morgan fingerprint density at radius 2 is 1.98 bits per heavy atom. The predicted molar refractivity (Wildman–Crippen MR) is 144 cm³/mol. The summed E-state index contributed by atoms with van der Waals surface area (Å²) in [7, 11) is 2.59. The van der Waals surface area contributed by atoms with Crippen LogP contribution < -0.4 is 15.8 Å². The summed E-state index contributed by atoms with van der Waals surface area (Å²) in [5, 5.41) is 7.01. The number of alkyl halides is 3. The maximum Gasteiger partial charge on any atom is 0.419 e. The van der Waals surface area contributed by atoms with E-state index in [1.165, 1.54) is 51.1 Å². The summed E-state index contributed by atoms with van der Waals surface area (Å²) in [6, 6.07) is 9.95. The SMILES string of the molecule is C=C(NCC1(C(F)(F)F)CC(C)(c2cc(F)ccc2OC)O1)c1cnn(-c2cccc(C(=O)OC)c2)c1/N=C(/C)N. The van der Waals surface area contributed by atoms with E-state index in [2.05, 4.69) is 22.0 Å². The molecule has 2 unspecified atom stereocenters. The van der Waals surface area contributed by atoms with E-state index in [9.17, 15) is 22.4 Å². The fourth-order valence-corrected chi connectivity index (χ4v) is 4.81. The lowest BCUT2D eigenvalue weighted by Gasteiger charge is -2.55. The molecule has 1 fully saturated rings. The second-order valence-corrected chi connectivity index (χ2v) is 9.77. The van der Waals surface area contributed by atoms with Crippen LogP contribution in [0.5, 0.6) is 5.75 Å². The van der Waals surface area contributed by atoms with Gasteiger partial charge in [-0.15, -0.1) is 0 Å². The molecule has 3 N–H and O–H groups in total. The van der Waals surface area contributed by atoms with Gasteiger partial charge in [-0.1, -0.05) is 12.6 Å². The van der Waals surface area contributed by atoms with Gasteiger partial charge in [0.25, 0.3) is 0 Å². The number of carbonyl (C=O) groups is 1. The Bertz CT molecular complexity index is 1510. The number of carbonyl (C=O) groups excluding carboxylic acids is 1. The van der Waals surface area contributed by atoms with E-state index < -0.39 is 42.1 Å². The summed E-state index contributed by atoms with van der Waals surface area (Å²) in [4.78, 5) is 16.3. The molecule has 2 heterocycles. The molecule has 0 amide bonds. The smallest absolute Gasteiger partial charge is 0.419 e. The van der Waals surface area contributed by atoms with Crippen LogP contribution >= 0.6 is 0 Å². The first-order valence-electron chi connectivity index (χ1n) is 12.4. The lowest BCUT2D eigenvalue weighted by molar-refractivity contribution is -0.382. The number of aromatic nitrogens is 2. The molecular weight excluding hydrogens is 546 g/mol. The van der Waals surface area contributed by atoms with Gasteiger partial charge in [0, 0.05) is 17.7 Å². The van der Waals surface area contributed by atoms with Gasteiger partial charge in [-0.2, -0.15) is 18.3 Å². The van der Waals surface area contributed by atoms with E-state index in [1.807, 2.05) is 0 Å². The number of nitrogens with one attached hydrogen (secondary N) is 1. The molecule has 9 nitrogen and oxygen atoms in total. The van der Waals surface area contributed by atoms with Gasteiger partial charge in [-0.3, -0.25) is 0 Å². The Morgan fingerprint density at radius 3 is 2.59 bits per heavy atom. The fourth-order valence-electron chi connectivity index (χ4n) is 4.81. The first-order valence-corrected chi connectivity index (χ1v) is 12.4. The monoisotopic (exact) mass is 575 g/mol. The summed E-state index contributed by atoms with van der Waals surface area (Å²) < 4.78 is 73.9. The minimum absolute atomic E-state index is 0.0736. The van der Waals surface area contributed by atoms with Gasteiger partial charge in [0.2, 0.25) is 0 Å².